The molecule has 0 aromatic carbocycles. The van der Waals surface area contributed by atoms with Crippen molar-refractivity contribution in [1.82, 2.24) is 5.32 Å². The van der Waals surface area contributed by atoms with Crippen LogP contribution in [0.25, 0.3) is 0 Å². The van der Waals surface area contributed by atoms with Crippen molar-refractivity contribution in [2.24, 2.45) is 0 Å². The summed E-state index contributed by atoms with van der Waals surface area (Å²) in [5, 5.41) is 5.74. The molecular formula is C11H16BrNO2S. The van der Waals surface area contributed by atoms with Gasteiger partial charge < -0.3 is 10.1 Å². The summed E-state index contributed by atoms with van der Waals surface area (Å²) < 4.78 is 5.05. The number of carbonyl (C=O) groups excluding carboxylic acids is 1. The molecule has 1 unspecified atom stereocenters. The van der Waals surface area contributed by atoms with E-state index in [4.69, 9.17) is 4.74 Å². The fourth-order valence-electron chi connectivity index (χ4n) is 1.31. The molecule has 3 nitrogen and oxygen atoms in total. The van der Waals surface area contributed by atoms with Gasteiger partial charge >= 0.3 is 0 Å². The molecule has 5 heteroatoms. The standard InChI is InChI=1S/C11H16BrNO2S/c1-3-8(4-5-12)13-11(14)10-6-9(15-2)7-16-10/h6-8H,3-5H2,1-2H3,(H,13,14). The molecule has 1 atom stereocenters. The Bertz CT molecular complexity index is 340. The quantitative estimate of drug-likeness (QED) is 0.820. The van der Waals surface area contributed by atoms with Gasteiger partial charge in [-0.05, 0) is 12.8 Å². The van der Waals surface area contributed by atoms with Gasteiger partial charge in [0.1, 0.15) is 5.75 Å². The summed E-state index contributed by atoms with van der Waals surface area (Å²) in [5.41, 5.74) is 0. The molecule has 0 aliphatic carbocycles. The van der Waals surface area contributed by atoms with E-state index in [-0.39, 0.29) is 11.9 Å². The van der Waals surface area contributed by atoms with Gasteiger partial charge in [0.25, 0.3) is 5.91 Å². The lowest BCUT2D eigenvalue weighted by atomic mass is 10.2. The van der Waals surface area contributed by atoms with E-state index >= 15 is 0 Å². The number of amides is 1. The van der Waals surface area contributed by atoms with Gasteiger partial charge in [-0.25, -0.2) is 0 Å². The third kappa shape index (κ3) is 3.79. The summed E-state index contributed by atoms with van der Waals surface area (Å²) in [4.78, 5) is 12.5. The number of alkyl halides is 1. The van der Waals surface area contributed by atoms with Gasteiger partial charge in [0.2, 0.25) is 0 Å². The van der Waals surface area contributed by atoms with Crippen LogP contribution in [-0.2, 0) is 0 Å². The van der Waals surface area contributed by atoms with Crippen LogP contribution in [0.2, 0.25) is 0 Å². The number of thiophene rings is 1. The Morgan fingerprint density at radius 3 is 2.94 bits per heavy atom. The fourth-order valence-corrected chi connectivity index (χ4v) is 2.62. The van der Waals surface area contributed by atoms with Gasteiger partial charge in [0.05, 0.1) is 12.0 Å². The molecule has 1 aromatic heterocycles. The SMILES string of the molecule is CCC(CCBr)NC(=O)c1cc(OC)cs1. The lowest BCUT2D eigenvalue weighted by Crippen LogP contribution is -2.34. The average Bonchev–Trinajstić information content (AvgIpc) is 2.76. The van der Waals surface area contributed by atoms with Gasteiger partial charge in [-0.2, -0.15) is 0 Å². The normalized spacial score (nSPS) is 12.2. The van der Waals surface area contributed by atoms with E-state index in [1.165, 1.54) is 11.3 Å². The summed E-state index contributed by atoms with van der Waals surface area (Å²) in [5.74, 6) is 0.727. The first kappa shape index (κ1) is 13.5. The topological polar surface area (TPSA) is 38.3 Å². The van der Waals surface area contributed by atoms with E-state index in [1.807, 2.05) is 5.38 Å². The van der Waals surface area contributed by atoms with E-state index in [0.717, 1.165) is 23.9 Å². The number of ether oxygens (including phenoxy) is 1. The van der Waals surface area contributed by atoms with Gasteiger partial charge in [-0.3, -0.25) is 4.79 Å². The highest BCUT2D eigenvalue weighted by molar-refractivity contribution is 9.09. The van der Waals surface area contributed by atoms with Gasteiger partial charge in [-0.1, -0.05) is 22.9 Å². The zero-order valence-corrected chi connectivity index (χ0v) is 11.9. The van der Waals surface area contributed by atoms with Crippen molar-refractivity contribution in [2.45, 2.75) is 25.8 Å². The Kier molecular flexibility index (Phi) is 5.84. The summed E-state index contributed by atoms with van der Waals surface area (Å²) in [6.45, 7) is 2.07. The number of hydrogen-bond donors (Lipinski definition) is 1. The molecule has 90 valence electrons. The van der Waals surface area contributed by atoms with Gasteiger partial charge in [0, 0.05) is 22.8 Å². The largest absolute Gasteiger partial charge is 0.496 e. The van der Waals surface area contributed by atoms with Crippen LogP contribution < -0.4 is 10.1 Å². The highest BCUT2D eigenvalue weighted by atomic mass is 79.9. The number of methoxy groups -OCH3 is 1. The zero-order valence-electron chi connectivity index (χ0n) is 9.46. The third-order valence-electron chi connectivity index (χ3n) is 2.32. The highest BCUT2D eigenvalue weighted by Gasteiger charge is 2.13. The summed E-state index contributed by atoms with van der Waals surface area (Å²) in [6, 6.07) is 2.00. The first-order valence-electron chi connectivity index (χ1n) is 5.20. The molecule has 0 radical (unpaired) electrons. The van der Waals surface area contributed by atoms with Crippen molar-refractivity contribution >= 4 is 33.2 Å². The predicted octanol–water partition coefficient (Wildman–Crippen LogP) is 3.05. The lowest BCUT2D eigenvalue weighted by Gasteiger charge is -2.14. The lowest BCUT2D eigenvalue weighted by molar-refractivity contribution is 0.0939. The summed E-state index contributed by atoms with van der Waals surface area (Å²) >= 11 is 4.79. The fraction of sp³-hybridized carbons (Fsp3) is 0.545. The number of rotatable bonds is 6. The minimum absolute atomic E-state index is 0.0129. The van der Waals surface area contributed by atoms with Gasteiger partial charge in [0.15, 0.2) is 0 Å². The van der Waals surface area contributed by atoms with E-state index in [1.54, 1.807) is 13.2 Å². The van der Waals surface area contributed by atoms with Crippen molar-refractivity contribution in [2.75, 3.05) is 12.4 Å². The molecule has 0 bridgehead atoms. The highest BCUT2D eigenvalue weighted by Crippen LogP contribution is 2.21. The number of halogens is 1. The second-order valence-corrected chi connectivity index (χ2v) is 5.11. The molecule has 0 aliphatic rings. The Labute approximate surface area is 108 Å². The van der Waals surface area contributed by atoms with Crippen LogP contribution in [0.3, 0.4) is 0 Å². The molecule has 1 rings (SSSR count). The number of carbonyl (C=O) groups is 1. The maximum absolute atomic E-state index is 11.8. The van der Waals surface area contributed by atoms with Crippen molar-refractivity contribution in [1.29, 1.82) is 0 Å². The van der Waals surface area contributed by atoms with Crippen molar-refractivity contribution < 1.29 is 9.53 Å². The zero-order chi connectivity index (χ0) is 12.0. The van der Waals surface area contributed by atoms with Crippen LogP contribution in [0.1, 0.15) is 29.4 Å². The van der Waals surface area contributed by atoms with Crippen LogP contribution in [0.4, 0.5) is 0 Å². The van der Waals surface area contributed by atoms with Crippen LogP contribution in [-0.4, -0.2) is 24.4 Å². The third-order valence-corrected chi connectivity index (χ3v) is 3.69. The molecule has 0 spiro atoms. The van der Waals surface area contributed by atoms with Crippen LogP contribution in [0.5, 0.6) is 5.75 Å². The molecule has 0 saturated carbocycles. The van der Waals surface area contributed by atoms with Crippen molar-refractivity contribution in [3.05, 3.63) is 16.3 Å². The first-order chi connectivity index (χ1) is 7.71. The van der Waals surface area contributed by atoms with E-state index < -0.39 is 0 Å². The van der Waals surface area contributed by atoms with E-state index in [2.05, 4.69) is 28.2 Å². The molecule has 1 heterocycles. The van der Waals surface area contributed by atoms with Gasteiger partial charge in [-0.15, -0.1) is 11.3 Å². The molecule has 0 aliphatic heterocycles. The second kappa shape index (κ2) is 6.91. The van der Waals surface area contributed by atoms with Crippen molar-refractivity contribution in [3.8, 4) is 5.75 Å². The summed E-state index contributed by atoms with van der Waals surface area (Å²) in [7, 11) is 1.60. The number of nitrogens with one attached hydrogen (secondary N) is 1. The molecule has 1 aromatic rings. The molecule has 1 amide bonds. The number of hydrogen-bond acceptors (Lipinski definition) is 3. The molecule has 0 saturated heterocycles. The molecule has 1 N–H and O–H groups in total. The molecular weight excluding hydrogens is 290 g/mol. The molecule has 16 heavy (non-hydrogen) atoms. The average molecular weight is 306 g/mol. The minimum atomic E-state index is -0.0129. The van der Waals surface area contributed by atoms with Crippen molar-refractivity contribution in [3.63, 3.8) is 0 Å². The Balaban J connectivity index is 2.56. The minimum Gasteiger partial charge on any atom is -0.496 e. The first-order valence-corrected chi connectivity index (χ1v) is 7.20. The maximum Gasteiger partial charge on any atom is 0.261 e. The Morgan fingerprint density at radius 1 is 1.69 bits per heavy atom. The van der Waals surface area contributed by atoms with E-state index in [0.29, 0.717) is 4.88 Å². The second-order valence-electron chi connectivity index (χ2n) is 3.41. The van der Waals surface area contributed by atoms with Crippen LogP contribution in [0, 0.1) is 0 Å². The Hall–Kier alpha value is -0.550. The van der Waals surface area contributed by atoms with Crippen LogP contribution >= 0.6 is 27.3 Å². The summed E-state index contributed by atoms with van der Waals surface area (Å²) in [6.07, 6.45) is 1.89. The smallest absolute Gasteiger partial charge is 0.261 e. The van der Waals surface area contributed by atoms with E-state index in [9.17, 15) is 4.79 Å². The van der Waals surface area contributed by atoms with Crippen LogP contribution in [0.15, 0.2) is 11.4 Å². The monoisotopic (exact) mass is 305 g/mol. The molecule has 0 fully saturated rings. The predicted molar refractivity (Wildman–Crippen MR) is 70.8 cm³/mol. The Morgan fingerprint density at radius 2 is 2.44 bits per heavy atom. The maximum atomic E-state index is 11.8.